The second kappa shape index (κ2) is 4.70. The summed E-state index contributed by atoms with van der Waals surface area (Å²) >= 11 is 0. The lowest BCUT2D eigenvalue weighted by Crippen LogP contribution is -2.05. The van der Waals surface area contributed by atoms with Crippen LogP contribution in [0, 0.1) is 19.7 Å². The molecule has 2 N–H and O–H groups in total. The summed E-state index contributed by atoms with van der Waals surface area (Å²) in [6, 6.07) is 8.21. The molecule has 0 fully saturated rings. The third-order valence-corrected chi connectivity index (χ3v) is 3.54. The number of carboxylic acids is 1. The number of rotatable bonds is 2. The molecule has 2 aromatic carbocycles. The van der Waals surface area contributed by atoms with E-state index in [4.69, 9.17) is 0 Å². The van der Waals surface area contributed by atoms with Crippen LogP contribution in [0.3, 0.4) is 0 Å². The Bertz CT molecular complexity index is 868. The van der Waals surface area contributed by atoms with E-state index in [1.54, 1.807) is 25.1 Å². The van der Waals surface area contributed by atoms with Gasteiger partial charge in [0, 0.05) is 5.56 Å². The van der Waals surface area contributed by atoms with E-state index in [1.807, 2.05) is 13.0 Å². The van der Waals surface area contributed by atoms with Gasteiger partial charge in [0.1, 0.15) is 11.3 Å². The van der Waals surface area contributed by atoms with Gasteiger partial charge < -0.3 is 10.1 Å². The first-order chi connectivity index (χ1) is 9.99. The van der Waals surface area contributed by atoms with E-state index in [0.717, 1.165) is 5.56 Å². The molecule has 0 aliphatic carbocycles. The van der Waals surface area contributed by atoms with Crippen molar-refractivity contribution >= 4 is 17.0 Å². The number of carboxylic acid groups (broad SMARTS) is 1. The van der Waals surface area contributed by atoms with Gasteiger partial charge in [-0.15, -0.1) is 0 Å². The maximum Gasteiger partial charge on any atom is 0.336 e. The SMILES string of the molecule is Cc1ccc(C)c(-c2nc3c(F)cccc3[nH]2)c1C(=O)O. The van der Waals surface area contributed by atoms with E-state index in [2.05, 4.69) is 9.97 Å². The summed E-state index contributed by atoms with van der Waals surface area (Å²) in [5.74, 6) is -1.09. The number of nitrogens with zero attached hydrogens (tertiary/aromatic N) is 1. The number of para-hydroxylation sites is 1. The van der Waals surface area contributed by atoms with Gasteiger partial charge in [0.05, 0.1) is 11.1 Å². The summed E-state index contributed by atoms with van der Waals surface area (Å²) in [4.78, 5) is 18.8. The molecule has 0 aliphatic rings. The van der Waals surface area contributed by atoms with Crippen LogP contribution in [0.5, 0.6) is 0 Å². The molecule has 0 radical (unpaired) electrons. The van der Waals surface area contributed by atoms with E-state index in [1.165, 1.54) is 6.07 Å². The number of fused-ring (bicyclic) bond motifs is 1. The molecule has 0 unspecified atom stereocenters. The number of aryl methyl sites for hydroxylation is 2. The number of aromatic amines is 1. The van der Waals surface area contributed by atoms with Crippen molar-refractivity contribution in [1.29, 1.82) is 0 Å². The highest BCUT2D eigenvalue weighted by Gasteiger charge is 2.20. The largest absolute Gasteiger partial charge is 0.478 e. The average Bonchev–Trinajstić information content (AvgIpc) is 2.85. The first kappa shape index (κ1) is 13.3. The molecule has 106 valence electrons. The summed E-state index contributed by atoms with van der Waals surface area (Å²) in [6.07, 6.45) is 0. The van der Waals surface area contributed by atoms with Crippen LogP contribution in [0.4, 0.5) is 4.39 Å². The first-order valence-electron chi connectivity index (χ1n) is 6.47. The van der Waals surface area contributed by atoms with Crippen molar-refractivity contribution in [2.45, 2.75) is 13.8 Å². The molecule has 5 heteroatoms. The molecule has 4 nitrogen and oxygen atoms in total. The molecule has 0 atom stereocenters. The van der Waals surface area contributed by atoms with Crippen LogP contribution in [0.2, 0.25) is 0 Å². The minimum Gasteiger partial charge on any atom is -0.478 e. The number of imidazole rings is 1. The second-order valence-electron chi connectivity index (χ2n) is 4.98. The number of aromatic nitrogens is 2. The zero-order valence-corrected chi connectivity index (χ0v) is 11.6. The van der Waals surface area contributed by atoms with Crippen LogP contribution in [-0.2, 0) is 0 Å². The van der Waals surface area contributed by atoms with E-state index < -0.39 is 11.8 Å². The van der Waals surface area contributed by atoms with Gasteiger partial charge in [0.25, 0.3) is 0 Å². The van der Waals surface area contributed by atoms with E-state index in [0.29, 0.717) is 22.5 Å². The highest BCUT2D eigenvalue weighted by molar-refractivity contribution is 5.98. The monoisotopic (exact) mass is 284 g/mol. The Labute approximate surface area is 120 Å². The van der Waals surface area contributed by atoms with Gasteiger partial charge in [-0.25, -0.2) is 14.2 Å². The van der Waals surface area contributed by atoms with Gasteiger partial charge in [-0.3, -0.25) is 0 Å². The van der Waals surface area contributed by atoms with Crippen molar-refractivity contribution in [3.05, 3.63) is 52.8 Å². The van der Waals surface area contributed by atoms with Crippen molar-refractivity contribution in [2.24, 2.45) is 0 Å². The van der Waals surface area contributed by atoms with Crippen LogP contribution in [0.15, 0.2) is 30.3 Å². The van der Waals surface area contributed by atoms with E-state index >= 15 is 0 Å². The number of aromatic carboxylic acids is 1. The molecular formula is C16H13FN2O2. The van der Waals surface area contributed by atoms with Gasteiger partial charge in [-0.05, 0) is 37.1 Å². The predicted octanol–water partition coefficient (Wildman–Crippen LogP) is 3.68. The number of carbonyl (C=O) groups is 1. The predicted molar refractivity (Wildman–Crippen MR) is 77.9 cm³/mol. The number of halogens is 1. The Balaban J connectivity index is 2.35. The Morgan fingerprint density at radius 3 is 2.57 bits per heavy atom. The minimum absolute atomic E-state index is 0.189. The van der Waals surface area contributed by atoms with E-state index in [-0.39, 0.29) is 11.1 Å². The Morgan fingerprint density at radius 2 is 1.90 bits per heavy atom. The Morgan fingerprint density at radius 1 is 1.19 bits per heavy atom. The van der Waals surface area contributed by atoms with Crippen molar-refractivity contribution in [1.82, 2.24) is 9.97 Å². The number of H-pyrrole nitrogens is 1. The average molecular weight is 284 g/mol. The maximum atomic E-state index is 13.8. The highest BCUT2D eigenvalue weighted by atomic mass is 19.1. The molecule has 21 heavy (non-hydrogen) atoms. The molecule has 3 aromatic rings. The van der Waals surface area contributed by atoms with Crippen LogP contribution >= 0.6 is 0 Å². The number of hydrogen-bond acceptors (Lipinski definition) is 2. The zero-order valence-electron chi connectivity index (χ0n) is 11.6. The van der Waals surface area contributed by atoms with Gasteiger partial charge >= 0.3 is 5.97 Å². The standard InChI is InChI=1S/C16H13FN2O2/c1-8-6-7-9(2)13(16(20)21)12(8)15-18-11-5-3-4-10(17)14(11)19-15/h3-7H,1-2H3,(H,18,19)(H,20,21). The smallest absolute Gasteiger partial charge is 0.336 e. The minimum atomic E-state index is -1.02. The van der Waals surface area contributed by atoms with Gasteiger partial charge in [-0.2, -0.15) is 0 Å². The van der Waals surface area contributed by atoms with Gasteiger partial charge in [-0.1, -0.05) is 18.2 Å². The lowest BCUT2D eigenvalue weighted by Gasteiger charge is -2.10. The third kappa shape index (κ3) is 2.07. The van der Waals surface area contributed by atoms with Crippen LogP contribution < -0.4 is 0 Å². The molecular weight excluding hydrogens is 271 g/mol. The summed E-state index contributed by atoms with van der Waals surface area (Å²) in [7, 11) is 0. The molecule has 0 saturated heterocycles. The summed E-state index contributed by atoms with van der Waals surface area (Å²) in [5, 5.41) is 9.45. The fraction of sp³-hybridized carbons (Fsp3) is 0.125. The van der Waals surface area contributed by atoms with Crippen molar-refractivity contribution in [3.63, 3.8) is 0 Å². The Kier molecular flexibility index (Phi) is 2.97. The van der Waals surface area contributed by atoms with Gasteiger partial charge in [0.15, 0.2) is 5.82 Å². The first-order valence-corrected chi connectivity index (χ1v) is 6.47. The quantitative estimate of drug-likeness (QED) is 0.754. The van der Waals surface area contributed by atoms with E-state index in [9.17, 15) is 14.3 Å². The Hall–Kier alpha value is -2.69. The lowest BCUT2D eigenvalue weighted by atomic mass is 9.97. The van der Waals surface area contributed by atoms with Crippen LogP contribution in [0.1, 0.15) is 21.5 Å². The molecule has 0 saturated carbocycles. The number of hydrogen-bond donors (Lipinski definition) is 2. The fourth-order valence-corrected chi connectivity index (χ4v) is 2.51. The summed E-state index contributed by atoms with van der Waals surface area (Å²) in [6.45, 7) is 3.54. The van der Waals surface area contributed by atoms with Crippen molar-refractivity contribution < 1.29 is 14.3 Å². The number of benzene rings is 2. The molecule has 0 aliphatic heterocycles. The molecule has 0 bridgehead atoms. The summed E-state index contributed by atoms with van der Waals surface area (Å²) < 4.78 is 13.8. The summed E-state index contributed by atoms with van der Waals surface area (Å²) in [5.41, 5.74) is 2.86. The van der Waals surface area contributed by atoms with Crippen LogP contribution in [-0.4, -0.2) is 21.0 Å². The lowest BCUT2D eigenvalue weighted by molar-refractivity contribution is 0.0697. The topological polar surface area (TPSA) is 66.0 Å². The second-order valence-corrected chi connectivity index (χ2v) is 4.98. The third-order valence-electron chi connectivity index (χ3n) is 3.54. The molecule has 3 rings (SSSR count). The van der Waals surface area contributed by atoms with Crippen molar-refractivity contribution in [2.75, 3.05) is 0 Å². The van der Waals surface area contributed by atoms with Crippen molar-refractivity contribution in [3.8, 4) is 11.4 Å². The fourth-order valence-electron chi connectivity index (χ4n) is 2.51. The van der Waals surface area contributed by atoms with Gasteiger partial charge in [0.2, 0.25) is 0 Å². The molecule has 0 amide bonds. The van der Waals surface area contributed by atoms with Crippen LogP contribution in [0.25, 0.3) is 22.4 Å². The highest BCUT2D eigenvalue weighted by Crippen LogP contribution is 2.30. The molecule has 0 spiro atoms. The maximum absolute atomic E-state index is 13.8. The zero-order chi connectivity index (χ0) is 15.1. The normalized spacial score (nSPS) is 11.0. The molecule has 1 aromatic heterocycles. The molecule has 1 heterocycles. The number of nitrogens with one attached hydrogen (secondary N) is 1.